The van der Waals surface area contributed by atoms with Crippen LogP contribution < -0.4 is 20.1 Å². The molecule has 24 heavy (non-hydrogen) atoms. The summed E-state index contributed by atoms with van der Waals surface area (Å²) in [6.45, 7) is 2.91. The van der Waals surface area contributed by atoms with E-state index in [0.29, 0.717) is 30.5 Å². The molecular weight excluding hydrogens is 306 g/mol. The Balaban J connectivity index is 1.56. The molecule has 1 aromatic carbocycles. The lowest BCUT2D eigenvalue weighted by molar-refractivity contribution is -0.125. The molecule has 2 heterocycles. The molecular formula is C18H21N3O3. The molecule has 0 bridgehead atoms. The molecule has 2 N–H and O–H groups in total. The zero-order chi connectivity index (χ0) is 16.9. The fraction of sp³-hybridized carbons (Fsp3) is 0.333. The molecule has 6 heteroatoms. The molecule has 0 saturated carbocycles. The summed E-state index contributed by atoms with van der Waals surface area (Å²) < 4.78 is 11.2. The largest absolute Gasteiger partial charge is 0.494 e. The Morgan fingerprint density at radius 3 is 2.79 bits per heavy atom. The number of nitrogens with two attached hydrogens (primary N) is 1. The SMILES string of the molecule is CC1Oc2ccc(N)nc2N(CCCCOc2ccccc2)C1=O. The zero-order valence-corrected chi connectivity index (χ0v) is 13.6. The number of carbonyl (C=O) groups excluding carboxylic acids is 1. The van der Waals surface area contributed by atoms with Crippen molar-refractivity contribution in [3.8, 4) is 11.5 Å². The minimum absolute atomic E-state index is 0.0930. The van der Waals surface area contributed by atoms with Gasteiger partial charge in [0.15, 0.2) is 17.7 Å². The first kappa shape index (κ1) is 16.1. The van der Waals surface area contributed by atoms with Crippen molar-refractivity contribution in [3.05, 3.63) is 42.5 Å². The van der Waals surface area contributed by atoms with E-state index in [1.807, 2.05) is 30.3 Å². The van der Waals surface area contributed by atoms with E-state index in [-0.39, 0.29) is 5.91 Å². The predicted octanol–water partition coefficient (Wildman–Crippen LogP) is 2.64. The minimum atomic E-state index is -0.511. The van der Waals surface area contributed by atoms with Gasteiger partial charge in [0.05, 0.1) is 6.61 Å². The van der Waals surface area contributed by atoms with E-state index in [1.54, 1.807) is 24.0 Å². The Labute approximate surface area is 141 Å². The van der Waals surface area contributed by atoms with Crippen molar-refractivity contribution < 1.29 is 14.3 Å². The standard InChI is InChI=1S/C18H21N3O3/c1-13-18(22)21(17-15(24-13)9-10-16(19)20-17)11-5-6-12-23-14-7-3-2-4-8-14/h2-4,7-10,13H,5-6,11-12H2,1H3,(H2,19,20). The van der Waals surface area contributed by atoms with Crippen LogP contribution in [0.1, 0.15) is 19.8 Å². The van der Waals surface area contributed by atoms with Gasteiger partial charge in [-0.3, -0.25) is 9.69 Å². The first-order valence-electron chi connectivity index (χ1n) is 8.07. The number of rotatable bonds is 6. The van der Waals surface area contributed by atoms with Crippen molar-refractivity contribution in [3.63, 3.8) is 0 Å². The Hall–Kier alpha value is -2.76. The highest BCUT2D eigenvalue weighted by Gasteiger charge is 2.32. The van der Waals surface area contributed by atoms with Crippen LogP contribution >= 0.6 is 0 Å². The summed E-state index contributed by atoms with van der Waals surface area (Å²) in [6.07, 6.45) is 1.13. The average molecular weight is 327 g/mol. The van der Waals surface area contributed by atoms with Gasteiger partial charge in [-0.25, -0.2) is 4.98 Å². The van der Waals surface area contributed by atoms with Gasteiger partial charge in [-0.15, -0.1) is 0 Å². The molecule has 0 radical (unpaired) electrons. The predicted molar refractivity (Wildman–Crippen MR) is 92.3 cm³/mol. The van der Waals surface area contributed by atoms with Crippen LogP contribution in [0, 0.1) is 0 Å². The topological polar surface area (TPSA) is 77.7 Å². The summed E-state index contributed by atoms with van der Waals surface area (Å²) >= 11 is 0. The second kappa shape index (κ2) is 7.21. The third-order valence-corrected chi connectivity index (χ3v) is 3.82. The highest BCUT2D eigenvalue weighted by atomic mass is 16.5. The number of ether oxygens (including phenoxy) is 2. The van der Waals surface area contributed by atoms with Gasteiger partial charge in [-0.1, -0.05) is 18.2 Å². The molecule has 1 unspecified atom stereocenters. The van der Waals surface area contributed by atoms with E-state index in [9.17, 15) is 4.79 Å². The monoisotopic (exact) mass is 327 g/mol. The second-order valence-corrected chi connectivity index (χ2v) is 5.68. The molecule has 1 atom stereocenters. The van der Waals surface area contributed by atoms with Crippen molar-refractivity contribution in [2.75, 3.05) is 23.8 Å². The summed E-state index contributed by atoms with van der Waals surface area (Å²) in [4.78, 5) is 18.3. The Morgan fingerprint density at radius 2 is 2.00 bits per heavy atom. The van der Waals surface area contributed by atoms with Gasteiger partial charge in [-0.2, -0.15) is 0 Å². The van der Waals surface area contributed by atoms with Crippen LogP contribution in [0.3, 0.4) is 0 Å². The first-order chi connectivity index (χ1) is 11.6. The molecule has 1 amide bonds. The lowest BCUT2D eigenvalue weighted by atomic mass is 10.2. The molecule has 6 nitrogen and oxygen atoms in total. The maximum atomic E-state index is 12.4. The summed E-state index contributed by atoms with van der Waals surface area (Å²) in [5.41, 5.74) is 5.74. The Kier molecular flexibility index (Phi) is 4.84. The molecule has 2 aromatic rings. The average Bonchev–Trinajstić information content (AvgIpc) is 2.59. The number of aromatic nitrogens is 1. The summed E-state index contributed by atoms with van der Waals surface area (Å²) in [5, 5.41) is 0. The zero-order valence-electron chi connectivity index (χ0n) is 13.6. The van der Waals surface area contributed by atoms with E-state index in [2.05, 4.69) is 4.98 Å². The second-order valence-electron chi connectivity index (χ2n) is 5.68. The van der Waals surface area contributed by atoms with Crippen LogP contribution in [0.5, 0.6) is 11.5 Å². The number of anilines is 2. The van der Waals surface area contributed by atoms with Gasteiger partial charge in [0.1, 0.15) is 11.6 Å². The van der Waals surface area contributed by atoms with Crippen LogP contribution in [0.25, 0.3) is 0 Å². The van der Waals surface area contributed by atoms with Crippen molar-refractivity contribution in [1.82, 2.24) is 4.98 Å². The number of carbonyl (C=O) groups is 1. The van der Waals surface area contributed by atoms with Gasteiger partial charge >= 0.3 is 0 Å². The number of pyridine rings is 1. The molecule has 0 fully saturated rings. The Morgan fingerprint density at radius 1 is 1.21 bits per heavy atom. The van der Waals surface area contributed by atoms with Crippen molar-refractivity contribution in [2.24, 2.45) is 0 Å². The van der Waals surface area contributed by atoms with Crippen molar-refractivity contribution >= 4 is 17.5 Å². The van der Waals surface area contributed by atoms with E-state index in [1.165, 1.54) is 0 Å². The lowest BCUT2D eigenvalue weighted by Gasteiger charge is -2.32. The van der Waals surface area contributed by atoms with E-state index < -0.39 is 6.10 Å². The highest BCUT2D eigenvalue weighted by Crippen LogP contribution is 2.33. The lowest BCUT2D eigenvalue weighted by Crippen LogP contribution is -2.45. The molecule has 0 saturated heterocycles. The fourth-order valence-electron chi connectivity index (χ4n) is 2.60. The third-order valence-electron chi connectivity index (χ3n) is 3.82. The Bertz CT molecular complexity index is 706. The van der Waals surface area contributed by atoms with Gasteiger partial charge in [0, 0.05) is 6.54 Å². The van der Waals surface area contributed by atoms with E-state index in [0.717, 1.165) is 18.6 Å². The van der Waals surface area contributed by atoms with Gasteiger partial charge in [-0.05, 0) is 44.0 Å². The van der Waals surface area contributed by atoms with Crippen molar-refractivity contribution in [2.45, 2.75) is 25.9 Å². The maximum absolute atomic E-state index is 12.4. The number of benzene rings is 1. The number of unbranched alkanes of at least 4 members (excludes halogenated alkanes) is 1. The molecule has 0 spiro atoms. The fourth-order valence-corrected chi connectivity index (χ4v) is 2.60. The highest BCUT2D eigenvalue weighted by molar-refractivity contribution is 5.98. The smallest absolute Gasteiger partial charge is 0.269 e. The number of hydrogen-bond acceptors (Lipinski definition) is 5. The van der Waals surface area contributed by atoms with Gasteiger partial charge in [0.25, 0.3) is 5.91 Å². The van der Waals surface area contributed by atoms with E-state index >= 15 is 0 Å². The molecule has 3 rings (SSSR count). The molecule has 1 aliphatic heterocycles. The number of hydrogen-bond donors (Lipinski definition) is 1. The number of nitrogens with zero attached hydrogens (tertiary/aromatic N) is 2. The number of amides is 1. The number of para-hydroxylation sites is 1. The minimum Gasteiger partial charge on any atom is -0.494 e. The van der Waals surface area contributed by atoms with Gasteiger partial charge < -0.3 is 15.2 Å². The number of fused-ring (bicyclic) bond motifs is 1. The quantitative estimate of drug-likeness (QED) is 0.825. The van der Waals surface area contributed by atoms with E-state index in [4.69, 9.17) is 15.2 Å². The normalized spacial score (nSPS) is 16.5. The van der Waals surface area contributed by atoms with Crippen LogP contribution in [-0.4, -0.2) is 30.1 Å². The molecule has 126 valence electrons. The van der Waals surface area contributed by atoms with Crippen LogP contribution in [-0.2, 0) is 4.79 Å². The van der Waals surface area contributed by atoms with Crippen LogP contribution in [0.2, 0.25) is 0 Å². The summed E-state index contributed by atoms with van der Waals surface area (Å²) in [6, 6.07) is 13.1. The van der Waals surface area contributed by atoms with Crippen molar-refractivity contribution in [1.29, 1.82) is 0 Å². The molecule has 1 aliphatic rings. The molecule has 0 aliphatic carbocycles. The first-order valence-corrected chi connectivity index (χ1v) is 8.07. The number of nitrogen functional groups attached to an aromatic ring is 1. The van der Waals surface area contributed by atoms with Crippen LogP contribution in [0.4, 0.5) is 11.6 Å². The summed E-state index contributed by atoms with van der Waals surface area (Å²) in [7, 11) is 0. The van der Waals surface area contributed by atoms with Crippen LogP contribution in [0.15, 0.2) is 42.5 Å². The summed E-state index contributed by atoms with van der Waals surface area (Å²) in [5.74, 6) is 2.23. The van der Waals surface area contributed by atoms with Gasteiger partial charge in [0.2, 0.25) is 0 Å². The molecule has 1 aromatic heterocycles. The maximum Gasteiger partial charge on any atom is 0.269 e. The third kappa shape index (κ3) is 3.59.